The zero-order valence-electron chi connectivity index (χ0n) is 18.3. The van der Waals surface area contributed by atoms with Gasteiger partial charge in [0.2, 0.25) is 5.91 Å². The van der Waals surface area contributed by atoms with Crippen LogP contribution in [0.3, 0.4) is 0 Å². The lowest BCUT2D eigenvalue weighted by Crippen LogP contribution is -2.32. The molecule has 0 aliphatic carbocycles. The molecule has 0 atom stereocenters. The number of amides is 2. The van der Waals surface area contributed by atoms with Crippen LogP contribution in [0.1, 0.15) is 21.5 Å². The minimum Gasteiger partial charge on any atom is -0.496 e. The molecule has 3 rings (SSSR count). The summed E-state index contributed by atoms with van der Waals surface area (Å²) in [6, 6.07) is 17.6. The van der Waals surface area contributed by atoms with E-state index >= 15 is 0 Å². The molecule has 180 valence electrons. The lowest BCUT2D eigenvalue weighted by molar-refractivity contribution is -0.137. The summed E-state index contributed by atoms with van der Waals surface area (Å²) in [6.45, 7) is 0. The molecule has 6 nitrogen and oxygen atoms in total. The van der Waals surface area contributed by atoms with Crippen LogP contribution >= 0.6 is 12.2 Å². The van der Waals surface area contributed by atoms with Gasteiger partial charge in [0.25, 0.3) is 5.91 Å². The second kappa shape index (κ2) is 11.3. The number of nitrogens with one attached hydrogen (secondary N) is 3. The van der Waals surface area contributed by atoms with Crippen LogP contribution < -0.4 is 20.7 Å². The van der Waals surface area contributed by atoms with Crippen LogP contribution in [-0.4, -0.2) is 24.0 Å². The van der Waals surface area contributed by atoms with Crippen molar-refractivity contribution in [2.75, 3.05) is 17.7 Å². The second-order valence-electron chi connectivity index (χ2n) is 7.13. The number of anilines is 2. The first-order valence-electron chi connectivity index (χ1n) is 10.2. The third-order valence-corrected chi connectivity index (χ3v) is 4.82. The van der Waals surface area contributed by atoms with Gasteiger partial charge in [-0.05, 0) is 60.8 Å². The molecule has 2 amide bonds. The van der Waals surface area contributed by atoms with Gasteiger partial charge in [-0.3, -0.25) is 14.9 Å². The highest BCUT2D eigenvalue weighted by atomic mass is 32.1. The van der Waals surface area contributed by atoms with E-state index in [1.807, 2.05) is 12.1 Å². The molecular weight excluding hydrogens is 479 g/mol. The number of rotatable bonds is 6. The maximum atomic E-state index is 12.9. The monoisotopic (exact) mass is 499 g/mol. The summed E-state index contributed by atoms with van der Waals surface area (Å²) >= 11 is 5.15. The van der Waals surface area contributed by atoms with E-state index in [4.69, 9.17) is 17.0 Å². The van der Waals surface area contributed by atoms with Crippen molar-refractivity contribution < 1.29 is 27.5 Å². The van der Waals surface area contributed by atoms with Gasteiger partial charge in [0.15, 0.2) is 5.11 Å². The highest BCUT2D eigenvalue weighted by molar-refractivity contribution is 7.80. The standard InChI is InChI=1S/C25H20F3N3O3S/c1-34-21-11-3-2-6-16(21)12-13-22(32)31-24(35)30-19-9-4-7-17(14-19)23(33)29-20-10-5-8-18(15-20)25(26,27)28/h2-15H,1H3,(H,29,33)(H2,30,31,32,35)/b13-12+. The van der Waals surface area contributed by atoms with E-state index < -0.39 is 23.6 Å². The molecule has 35 heavy (non-hydrogen) atoms. The fraction of sp³-hybridized carbons (Fsp3) is 0.0800. The average Bonchev–Trinajstić information content (AvgIpc) is 2.82. The van der Waals surface area contributed by atoms with Gasteiger partial charge in [-0.2, -0.15) is 13.2 Å². The number of benzene rings is 3. The van der Waals surface area contributed by atoms with E-state index in [1.165, 1.54) is 37.5 Å². The Morgan fingerprint density at radius 3 is 2.31 bits per heavy atom. The van der Waals surface area contributed by atoms with Gasteiger partial charge in [0.1, 0.15) is 5.75 Å². The quantitative estimate of drug-likeness (QED) is 0.309. The molecule has 0 saturated heterocycles. The van der Waals surface area contributed by atoms with Crippen LogP contribution in [0.5, 0.6) is 5.75 Å². The second-order valence-corrected chi connectivity index (χ2v) is 7.54. The Morgan fingerprint density at radius 1 is 0.914 bits per heavy atom. The molecule has 0 saturated carbocycles. The molecule has 10 heteroatoms. The first-order valence-corrected chi connectivity index (χ1v) is 10.6. The van der Waals surface area contributed by atoms with Crippen molar-refractivity contribution in [3.8, 4) is 5.75 Å². The van der Waals surface area contributed by atoms with Crippen molar-refractivity contribution in [3.63, 3.8) is 0 Å². The smallest absolute Gasteiger partial charge is 0.416 e. The Hall–Kier alpha value is -4.18. The van der Waals surface area contributed by atoms with Crippen LogP contribution in [0.4, 0.5) is 24.5 Å². The van der Waals surface area contributed by atoms with Gasteiger partial charge in [0.05, 0.1) is 12.7 Å². The van der Waals surface area contributed by atoms with E-state index in [0.29, 0.717) is 17.0 Å². The number of thiocarbonyl (C=S) groups is 1. The lowest BCUT2D eigenvalue weighted by atomic mass is 10.1. The summed E-state index contributed by atoms with van der Waals surface area (Å²) in [5, 5.41) is 7.72. The number of para-hydroxylation sites is 1. The number of hydrogen-bond acceptors (Lipinski definition) is 4. The first-order chi connectivity index (χ1) is 16.7. The molecular formula is C25H20F3N3O3S. The Kier molecular flexibility index (Phi) is 8.21. The van der Waals surface area contributed by atoms with E-state index in [-0.39, 0.29) is 16.4 Å². The summed E-state index contributed by atoms with van der Waals surface area (Å²) in [5.41, 5.74) is 0.432. The molecule has 0 aliphatic heterocycles. The molecule has 3 aromatic carbocycles. The Bertz CT molecular complexity index is 1280. The fourth-order valence-electron chi connectivity index (χ4n) is 3.00. The zero-order chi connectivity index (χ0) is 25.4. The maximum Gasteiger partial charge on any atom is 0.416 e. The Morgan fingerprint density at radius 2 is 1.60 bits per heavy atom. The molecule has 0 bridgehead atoms. The molecule has 3 N–H and O–H groups in total. The van der Waals surface area contributed by atoms with Crippen LogP contribution in [0, 0.1) is 0 Å². The van der Waals surface area contributed by atoms with Crippen LogP contribution in [0.15, 0.2) is 78.9 Å². The first kappa shape index (κ1) is 25.4. The van der Waals surface area contributed by atoms with Gasteiger partial charge in [0, 0.05) is 28.6 Å². The van der Waals surface area contributed by atoms with Crippen LogP contribution in [0.2, 0.25) is 0 Å². The molecule has 0 radical (unpaired) electrons. The molecule has 0 unspecified atom stereocenters. The summed E-state index contributed by atoms with van der Waals surface area (Å²) in [5.74, 6) is -0.480. The number of alkyl halides is 3. The number of hydrogen-bond donors (Lipinski definition) is 3. The predicted octanol–water partition coefficient (Wildman–Crippen LogP) is 5.49. The molecule has 0 spiro atoms. The van der Waals surface area contributed by atoms with Crippen molar-refractivity contribution >= 4 is 46.6 Å². The summed E-state index contributed by atoms with van der Waals surface area (Å²) in [6.07, 6.45) is -1.65. The Balaban J connectivity index is 1.60. The topological polar surface area (TPSA) is 79.5 Å². The largest absolute Gasteiger partial charge is 0.496 e. The van der Waals surface area contributed by atoms with Crippen molar-refractivity contribution in [2.45, 2.75) is 6.18 Å². The summed E-state index contributed by atoms with van der Waals surface area (Å²) in [4.78, 5) is 24.7. The Labute approximate surface area is 204 Å². The third-order valence-electron chi connectivity index (χ3n) is 4.62. The van der Waals surface area contributed by atoms with Gasteiger partial charge in [-0.15, -0.1) is 0 Å². The van der Waals surface area contributed by atoms with Crippen molar-refractivity contribution in [1.82, 2.24) is 5.32 Å². The third kappa shape index (κ3) is 7.41. The molecule has 3 aromatic rings. The van der Waals surface area contributed by atoms with Gasteiger partial charge in [-0.1, -0.05) is 30.3 Å². The number of methoxy groups -OCH3 is 1. The SMILES string of the molecule is COc1ccccc1/C=C/C(=O)NC(=S)Nc1cccc(C(=O)Nc2cccc(C(F)(F)F)c2)c1. The maximum absolute atomic E-state index is 12.9. The van der Waals surface area contributed by atoms with E-state index in [0.717, 1.165) is 12.1 Å². The molecule has 0 aliphatic rings. The van der Waals surface area contributed by atoms with Crippen molar-refractivity contribution in [1.29, 1.82) is 0 Å². The molecule has 0 heterocycles. The van der Waals surface area contributed by atoms with Gasteiger partial charge in [-0.25, -0.2) is 0 Å². The number of halogens is 3. The normalized spacial score (nSPS) is 11.1. The average molecular weight is 500 g/mol. The molecule has 0 fully saturated rings. The highest BCUT2D eigenvalue weighted by Gasteiger charge is 2.30. The van der Waals surface area contributed by atoms with Gasteiger partial charge < -0.3 is 15.4 Å². The summed E-state index contributed by atoms with van der Waals surface area (Å²) in [7, 11) is 1.53. The van der Waals surface area contributed by atoms with E-state index in [9.17, 15) is 22.8 Å². The minimum atomic E-state index is -4.52. The number of ether oxygens (including phenoxy) is 1. The predicted molar refractivity (Wildman–Crippen MR) is 132 cm³/mol. The van der Waals surface area contributed by atoms with Crippen molar-refractivity contribution in [2.24, 2.45) is 0 Å². The van der Waals surface area contributed by atoms with Crippen LogP contribution in [0.25, 0.3) is 6.08 Å². The van der Waals surface area contributed by atoms with E-state index in [1.54, 1.807) is 30.3 Å². The fourth-order valence-corrected chi connectivity index (χ4v) is 3.22. The minimum absolute atomic E-state index is 0.00452. The molecule has 0 aromatic heterocycles. The summed E-state index contributed by atoms with van der Waals surface area (Å²) < 4.78 is 43.9. The lowest BCUT2D eigenvalue weighted by Gasteiger charge is -2.11. The van der Waals surface area contributed by atoms with Crippen LogP contribution in [-0.2, 0) is 11.0 Å². The van der Waals surface area contributed by atoms with Gasteiger partial charge >= 0.3 is 6.18 Å². The van der Waals surface area contributed by atoms with Crippen molar-refractivity contribution in [3.05, 3.63) is 95.6 Å². The highest BCUT2D eigenvalue weighted by Crippen LogP contribution is 2.30. The number of carbonyl (C=O) groups is 2. The zero-order valence-corrected chi connectivity index (χ0v) is 19.2. The van der Waals surface area contributed by atoms with E-state index in [2.05, 4.69) is 16.0 Å². The number of carbonyl (C=O) groups excluding carboxylic acids is 2.